The number of aromatic nitrogens is 3. The average molecular weight is 445 g/mol. The molecule has 162 valence electrons. The summed E-state index contributed by atoms with van der Waals surface area (Å²) in [6, 6.07) is 23.7. The summed E-state index contributed by atoms with van der Waals surface area (Å²) < 4.78 is 7.64. The number of thioether (sulfide) groups is 1. The predicted molar refractivity (Wildman–Crippen MR) is 125 cm³/mol. The van der Waals surface area contributed by atoms with Gasteiger partial charge >= 0.3 is 0 Å². The van der Waals surface area contributed by atoms with Crippen LogP contribution in [0.3, 0.4) is 0 Å². The van der Waals surface area contributed by atoms with Gasteiger partial charge in [0, 0.05) is 11.6 Å². The van der Waals surface area contributed by atoms with Crippen LogP contribution in [-0.2, 0) is 17.9 Å². The second-order valence-electron chi connectivity index (χ2n) is 7.87. The number of hydrogen-bond donors (Lipinski definition) is 0. The van der Waals surface area contributed by atoms with Crippen molar-refractivity contribution in [1.82, 2.24) is 14.8 Å². The topological polar surface area (TPSA) is 64.2 Å². The van der Waals surface area contributed by atoms with Crippen molar-refractivity contribution in [3.05, 3.63) is 96.2 Å². The van der Waals surface area contributed by atoms with Crippen LogP contribution in [0.15, 0.2) is 88.6 Å². The highest BCUT2D eigenvalue weighted by Crippen LogP contribution is 2.40. The van der Waals surface area contributed by atoms with E-state index in [1.807, 2.05) is 77.7 Å². The van der Waals surface area contributed by atoms with E-state index < -0.39 is 0 Å². The molecular weight excluding hydrogens is 420 g/mol. The molecule has 0 aliphatic heterocycles. The fourth-order valence-electron chi connectivity index (χ4n) is 3.66. The van der Waals surface area contributed by atoms with Gasteiger partial charge in [-0.2, -0.15) is 0 Å². The van der Waals surface area contributed by atoms with E-state index in [4.69, 9.17) is 4.42 Å². The first-order chi connectivity index (χ1) is 15.8. The third-order valence-corrected chi connectivity index (χ3v) is 6.41. The lowest BCUT2D eigenvalue weighted by molar-refractivity contribution is -0.116. The van der Waals surface area contributed by atoms with Crippen molar-refractivity contribution in [3.8, 4) is 0 Å². The molecule has 2 aromatic carbocycles. The van der Waals surface area contributed by atoms with Gasteiger partial charge in [-0.3, -0.25) is 9.36 Å². The maximum absolute atomic E-state index is 13.3. The van der Waals surface area contributed by atoms with Crippen LogP contribution in [0.25, 0.3) is 0 Å². The Hall–Kier alpha value is -3.32. The minimum Gasteiger partial charge on any atom is -0.467 e. The molecule has 2 heterocycles. The first-order valence-corrected chi connectivity index (χ1v) is 11.7. The van der Waals surface area contributed by atoms with Gasteiger partial charge in [-0.15, -0.1) is 10.2 Å². The van der Waals surface area contributed by atoms with Gasteiger partial charge in [0.1, 0.15) is 11.6 Å². The molecule has 0 unspecified atom stereocenters. The number of benzene rings is 2. The summed E-state index contributed by atoms with van der Waals surface area (Å²) in [5, 5.41) is 9.60. The summed E-state index contributed by atoms with van der Waals surface area (Å²) in [5.74, 6) is 2.62. The summed E-state index contributed by atoms with van der Waals surface area (Å²) in [6.45, 7) is 1.10. The summed E-state index contributed by atoms with van der Waals surface area (Å²) >= 11 is 1.43. The first-order valence-electron chi connectivity index (χ1n) is 10.8. The van der Waals surface area contributed by atoms with Gasteiger partial charge in [0.15, 0.2) is 5.16 Å². The van der Waals surface area contributed by atoms with Crippen LogP contribution < -0.4 is 4.90 Å². The van der Waals surface area contributed by atoms with Crippen molar-refractivity contribution in [3.63, 3.8) is 0 Å². The Balaban J connectivity index is 1.34. The highest BCUT2D eigenvalue weighted by atomic mass is 32.2. The van der Waals surface area contributed by atoms with E-state index in [-0.39, 0.29) is 11.7 Å². The number of hydrogen-bond acceptors (Lipinski definition) is 5. The van der Waals surface area contributed by atoms with E-state index in [0.29, 0.717) is 19.0 Å². The molecule has 2 aromatic heterocycles. The normalized spacial score (nSPS) is 13.2. The lowest BCUT2D eigenvalue weighted by Gasteiger charge is -2.23. The van der Waals surface area contributed by atoms with Crippen LogP contribution in [0.4, 0.5) is 5.69 Å². The molecule has 32 heavy (non-hydrogen) atoms. The average Bonchev–Trinajstić information content (AvgIpc) is 3.40. The van der Waals surface area contributed by atoms with Crippen molar-refractivity contribution in [2.24, 2.45) is 0 Å². The minimum atomic E-state index is 0.0329. The molecule has 1 fully saturated rings. The number of carbonyl (C=O) groups excluding carboxylic acids is 1. The zero-order chi connectivity index (χ0) is 21.8. The Morgan fingerprint density at radius 2 is 1.75 bits per heavy atom. The summed E-state index contributed by atoms with van der Waals surface area (Å²) in [7, 11) is 0. The van der Waals surface area contributed by atoms with Gasteiger partial charge in [0.25, 0.3) is 0 Å². The Morgan fingerprint density at radius 1 is 1.00 bits per heavy atom. The highest BCUT2D eigenvalue weighted by Gasteiger charge is 2.31. The van der Waals surface area contributed by atoms with Crippen molar-refractivity contribution >= 4 is 23.4 Å². The molecule has 0 spiro atoms. The monoisotopic (exact) mass is 444 g/mol. The van der Waals surface area contributed by atoms with Crippen LogP contribution in [0.1, 0.15) is 35.9 Å². The van der Waals surface area contributed by atoms with E-state index >= 15 is 0 Å². The van der Waals surface area contributed by atoms with Gasteiger partial charge in [0.2, 0.25) is 5.91 Å². The molecule has 4 aromatic rings. The maximum atomic E-state index is 13.3. The van der Waals surface area contributed by atoms with E-state index in [1.54, 1.807) is 6.26 Å². The highest BCUT2D eigenvalue weighted by molar-refractivity contribution is 7.99. The van der Waals surface area contributed by atoms with E-state index in [9.17, 15) is 4.79 Å². The van der Waals surface area contributed by atoms with Crippen molar-refractivity contribution < 1.29 is 9.21 Å². The van der Waals surface area contributed by atoms with Gasteiger partial charge in [-0.1, -0.05) is 60.3 Å². The van der Waals surface area contributed by atoms with Crippen LogP contribution in [0.2, 0.25) is 0 Å². The van der Waals surface area contributed by atoms with Crippen LogP contribution >= 0.6 is 11.8 Å². The lowest BCUT2D eigenvalue weighted by Crippen LogP contribution is -2.32. The molecule has 6 nitrogen and oxygen atoms in total. The van der Waals surface area contributed by atoms with E-state index in [0.717, 1.165) is 40.8 Å². The Bertz CT molecular complexity index is 1160. The predicted octanol–water partition coefficient (Wildman–Crippen LogP) is 5.12. The lowest BCUT2D eigenvalue weighted by atomic mass is 10.2. The molecule has 1 aliphatic rings. The molecule has 0 radical (unpaired) electrons. The fourth-order valence-corrected chi connectivity index (χ4v) is 4.48. The Labute approximate surface area is 191 Å². The number of para-hydroxylation sites is 1. The van der Waals surface area contributed by atoms with E-state index in [2.05, 4.69) is 14.8 Å². The quantitative estimate of drug-likeness (QED) is 0.335. The minimum absolute atomic E-state index is 0.0329. The summed E-state index contributed by atoms with van der Waals surface area (Å²) in [6.07, 6.45) is 3.95. The molecule has 0 bridgehead atoms. The number of carbonyl (C=O) groups is 1. The molecular formula is C25H24N4O2S. The fraction of sp³-hybridized carbons (Fsp3) is 0.240. The molecule has 0 N–H and O–H groups in total. The molecule has 1 saturated carbocycles. The second-order valence-corrected chi connectivity index (χ2v) is 8.81. The van der Waals surface area contributed by atoms with Crippen molar-refractivity contribution in [1.29, 1.82) is 0 Å². The third kappa shape index (κ3) is 4.78. The van der Waals surface area contributed by atoms with Gasteiger partial charge < -0.3 is 9.32 Å². The number of nitrogens with zero attached hydrogens (tertiary/aromatic N) is 4. The van der Waals surface area contributed by atoms with E-state index in [1.165, 1.54) is 11.8 Å². The van der Waals surface area contributed by atoms with Crippen molar-refractivity contribution in [2.75, 3.05) is 10.7 Å². The van der Waals surface area contributed by atoms with Crippen molar-refractivity contribution in [2.45, 2.75) is 37.0 Å². The summed E-state index contributed by atoms with van der Waals surface area (Å²) in [4.78, 5) is 15.2. The Morgan fingerprint density at radius 3 is 2.44 bits per heavy atom. The van der Waals surface area contributed by atoms with Gasteiger partial charge in [-0.05, 0) is 42.7 Å². The number of furan rings is 1. The molecule has 1 aliphatic carbocycles. The molecule has 1 amide bonds. The van der Waals surface area contributed by atoms with Gasteiger partial charge in [0.05, 0.1) is 25.1 Å². The van der Waals surface area contributed by atoms with Gasteiger partial charge in [-0.25, -0.2) is 0 Å². The zero-order valence-corrected chi connectivity index (χ0v) is 18.4. The zero-order valence-electron chi connectivity index (χ0n) is 17.6. The third-order valence-electron chi connectivity index (χ3n) is 5.46. The number of amides is 1. The largest absolute Gasteiger partial charge is 0.467 e. The second kappa shape index (κ2) is 9.44. The Kier molecular flexibility index (Phi) is 6.07. The maximum Gasteiger partial charge on any atom is 0.237 e. The van der Waals surface area contributed by atoms with Crippen LogP contribution in [-0.4, -0.2) is 26.4 Å². The standard InChI is InChI=1S/C25H24N4O2S/c30-23(28(21-10-5-2-6-11-21)16-19-8-3-1-4-9-19)18-32-25-27-26-24(20-13-14-20)29(25)17-22-12-7-15-31-22/h1-12,15,20H,13-14,16-18H2. The number of rotatable bonds is 9. The van der Waals surface area contributed by atoms with Crippen LogP contribution in [0, 0.1) is 0 Å². The summed E-state index contributed by atoms with van der Waals surface area (Å²) in [5.41, 5.74) is 1.98. The van der Waals surface area contributed by atoms with Crippen LogP contribution in [0.5, 0.6) is 0 Å². The molecule has 0 atom stereocenters. The number of anilines is 1. The molecule has 0 saturated heterocycles. The smallest absolute Gasteiger partial charge is 0.237 e. The first kappa shape index (κ1) is 20.6. The molecule has 5 rings (SSSR count). The SMILES string of the molecule is O=C(CSc1nnc(C2CC2)n1Cc1ccco1)N(Cc1ccccc1)c1ccccc1. The molecule has 7 heteroatoms.